The minimum absolute atomic E-state index is 0.0433. The summed E-state index contributed by atoms with van der Waals surface area (Å²) in [4.78, 5) is 12.0. The zero-order valence-corrected chi connectivity index (χ0v) is 9.91. The smallest absolute Gasteiger partial charge is 0.232 e. The van der Waals surface area contributed by atoms with Gasteiger partial charge in [-0.2, -0.15) is 0 Å². The number of hydrogen-bond donors (Lipinski definition) is 2. The van der Waals surface area contributed by atoms with Crippen molar-refractivity contribution in [2.45, 2.75) is 37.6 Å². The topological polar surface area (TPSA) is 41.1 Å². The van der Waals surface area contributed by atoms with Crippen LogP contribution in [0.15, 0.2) is 24.3 Å². The summed E-state index contributed by atoms with van der Waals surface area (Å²) in [6.45, 7) is 1.10. The molecule has 2 N–H and O–H groups in total. The standard InChI is InChI=1S/C14H18N2O/c17-14-12(9-10-5-3-4-8-15-10)11-6-1-2-7-13(11)16-14/h1-2,6-7,10,12,15H,3-5,8-9H2,(H,16,17)/t10-,12+/m0/s1. The molecule has 3 nitrogen and oxygen atoms in total. The Morgan fingerprint density at radius 2 is 2.12 bits per heavy atom. The Bertz CT molecular complexity index is 424. The third-order valence-corrected chi connectivity index (χ3v) is 3.84. The molecule has 1 amide bonds. The highest BCUT2D eigenvalue weighted by Crippen LogP contribution is 2.35. The van der Waals surface area contributed by atoms with E-state index in [0.29, 0.717) is 6.04 Å². The van der Waals surface area contributed by atoms with Crippen LogP contribution in [0.2, 0.25) is 0 Å². The van der Waals surface area contributed by atoms with Crippen LogP contribution in [0.4, 0.5) is 5.69 Å². The third kappa shape index (κ3) is 2.07. The van der Waals surface area contributed by atoms with E-state index in [9.17, 15) is 4.79 Å². The first-order valence-electron chi connectivity index (χ1n) is 6.48. The van der Waals surface area contributed by atoms with Crippen molar-refractivity contribution < 1.29 is 4.79 Å². The molecule has 0 aliphatic carbocycles. The summed E-state index contributed by atoms with van der Waals surface area (Å²) in [7, 11) is 0. The average Bonchev–Trinajstić information content (AvgIpc) is 2.68. The molecule has 2 heterocycles. The summed E-state index contributed by atoms with van der Waals surface area (Å²) in [5.74, 6) is 0.209. The average molecular weight is 230 g/mol. The lowest BCUT2D eigenvalue weighted by atomic mass is 9.90. The number of carbonyl (C=O) groups excluding carboxylic acids is 1. The Morgan fingerprint density at radius 3 is 2.94 bits per heavy atom. The zero-order valence-electron chi connectivity index (χ0n) is 9.91. The van der Waals surface area contributed by atoms with Crippen molar-refractivity contribution >= 4 is 11.6 Å². The van der Waals surface area contributed by atoms with E-state index in [2.05, 4.69) is 16.7 Å². The lowest BCUT2D eigenvalue weighted by molar-refractivity contribution is -0.117. The van der Waals surface area contributed by atoms with Gasteiger partial charge in [0.2, 0.25) is 5.91 Å². The molecular weight excluding hydrogens is 212 g/mol. The van der Waals surface area contributed by atoms with Crippen molar-refractivity contribution in [1.29, 1.82) is 0 Å². The number of rotatable bonds is 2. The van der Waals surface area contributed by atoms with E-state index in [0.717, 1.165) is 18.7 Å². The summed E-state index contributed by atoms with van der Waals surface area (Å²) in [6, 6.07) is 8.55. The highest BCUT2D eigenvalue weighted by molar-refractivity contribution is 6.02. The summed E-state index contributed by atoms with van der Waals surface area (Å²) < 4.78 is 0. The Balaban J connectivity index is 1.76. The third-order valence-electron chi connectivity index (χ3n) is 3.84. The van der Waals surface area contributed by atoms with Gasteiger partial charge in [0.1, 0.15) is 0 Å². The van der Waals surface area contributed by atoms with Crippen molar-refractivity contribution in [3.05, 3.63) is 29.8 Å². The van der Waals surface area contributed by atoms with E-state index in [1.165, 1.54) is 24.8 Å². The second-order valence-corrected chi connectivity index (χ2v) is 5.01. The molecule has 17 heavy (non-hydrogen) atoms. The molecule has 1 aromatic rings. The van der Waals surface area contributed by atoms with Crippen LogP contribution < -0.4 is 10.6 Å². The predicted octanol–water partition coefficient (Wildman–Crippen LogP) is 2.25. The summed E-state index contributed by atoms with van der Waals surface area (Å²) in [6.07, 6.45) is 4.69. The van der Waals surface area contributed by atoms with Crippen LogP contribution in [-0.4, -0.2) is 18.5 Å². The van der Waals surface area contributed by atoms with Crippen LogP contribution in [0.1, 0.15) is 37.2 Å². The maximum absolute atomic E-state index is 12.0. The van der Waals surface area contributed by atoms with E-state index < -0.39 is 0 Å². The quantitative estimate of drug-likeness (QED) is 0.818. The van der Waals surface area contributed by atoms with Crippen LogP contribution >= 0.6 is 0 Å². The van der Waals surface area contributed by atoms with E-state index in [1.807, 2.05) is 18.2 Å². The molecule has 0 spiro atoms. The maximum atomic E-state index is 12.0. The van der Waals surface area contributed by atoms with Crippen LogP contribution in [0.25, 0.3) is 0 Å². The molecule has 2 aliphatic rings. The first-order valence-corrected chi connectivity index (χ1v) is 6.48. The van der Waals surface area contributed by atoms with Gasteiger partial charge < -0.3 is 10.6 Å². The fourth-order valence-electron chi connectivity index (χ4n) is 2.92. The van der Waals surface area contributed by atoms with E-state index in [-0.39, 0.29) is 11.8 Å². The van der Waals surface area contributed by atoms with Crippen LogP contribution in [0, 0.1) is 0 Å². The van der Waals surface area contributed by atoms with Gasteiger partial charge >= 0.3 is 0 Å². The number of carbonyl (C=O) groups is 1. The van der Waals surface area contributed by atoms with Gasteiger partial charge in [-0.3, -0.25) is 4.79 Å². The SMILES string of the molecule is O=C1Nc2ccccc2[C@H]1C[C@@H]1CCCCN1. The fraction of sp³-hybridized carbons (Fsp3) is 0.500. The zero-order chi connectivity index (χ0) is 11.7. The molecule has 0 bridgehead atoms. The monoisotopic (exact) mass is 230 g/mol. The minimum Gasteiger partial charge on any atom is -0.325 e. The van der Waals surface area contributed by atoms with Crippen molar-refractivity contribution in [3.63, 3.8) is 0 Å². The Kier molecular flexibility index (Phi) is 2.85. The number of hydrogen-bond acceptors (Lipinski definition) is 2. The number of piperidine rings is 1. The lowest BCUT2D eigenvalue weighted by Crippen LogP contribution is -2.36. The Hall–Kier alpha value is -1.35. The molecule has 0 aromatic heterocycles. The van der Waals surface area contributed by atoms with Crippen molar-refractivity contribution in [2.75, 3.05) is 11.9 Å². The minimum atomic E-state index is 0.0433. The molecular formula is C14H18N2O. The second kappa shape index (κ2) is 4.49. The van der Waals surface area contributed by atoms with Gasteiger partial charge in [-0.1, -0.05) is 24.6 Å². The lowest BCUT2D eigenvalue weighted by Gasteiger charge is -2.25. The molecule has 3 rings (SSSR count). The van der Waals surface area contributed by atoms with Gasteiger partial charge in [-0.15, -0.1) is 0 Å². The number of benzene rings is 1. The normalized spacial score (nSPS) is 27.6. The van der Waals surface area contributed by atoms with Crippen LogP contribution in [0.3, 0.4) is 0 Å². The van der Waals surface area contributed by atoms with Gasteiger partial charge in [0, 0.05) is 11.7 Å². The van der Waals surface area contributed by atoms with Gasteiger partial charge in [0.05, 0.1) is 5.92 Å². The summed E-state index contributed by atoms with van der Waals surface area (Å²) in [5.41, 5.74) is 2.17. The fourth-order valence-corrected chi connectivity index (χ4v) is 2.92. The molecule has 0 saturated carbocycles. The highest BCUT2D eigenvalue weighted by Gasteiger charge is 2.32. The summed E-state index contributed by atoms with van der Waals surface area (Å²) >= 11 is 0. The van der Waals surface area contributed by atoms with Crippen LogP contribution in [-0.2, 0) is 4.79 Å². The van der Waals surface area contributed by atoms with Crippen molar-refractivity contribution in [1.82, 2.24) is 5.32 Å². The molecule has 3 heteroatoms. The molecule has 2 atom stereocenters. The van der Waals surface area contributed by atoms with Gasteiger partial charge in [-0.25, -0.2) is 0 Å². The number of anilines is 1. The van der Waals surface area contributed by atoms with Gasteiger partial charge in [0.15, 0.2) is 0 Å². The molecule has 0 unspecified atom stereocenters. The first-order chi connectivity index (χ1) is 8.34. The van der Waals surface area contributed by atoms with Gasteiger partial charge in [-0.05, 0) is 37.4 Å². The number of para-hydroxylation sites is 1. The van der Waals surface area contributed by atoms with Crippen LogP contribution in [0.5, 0.6) is 0 Å². The number of fused-ring (bicyclic) bond motifs is 1. The molecule has 2 aliphatic heterocycles. The largest absolute Gasteiger partial charge is 0.325 e. The van der Waals surface area contributed by atoms with Crippen molar-refractivity contribution in [2.24, 2.45) is 0 Å². The maximum Gasteiger partial charge on any atom is 0.232 e. The van der Waals surface area contributed by atoms with Gasteiger partial charge in [0.25, 0.3) is 0 Å². The first kappa shape index (κ1) is 10.8. The molecule has 90 valence electrons. The van der Waals surface area contributed by atoms with E-state index in [4.69, 9.17) is 0 Å². The Labute approximate surface area is 102 Å². The van der Waals surface area contributed by atoms with E-state index in [1.54, 1.807) is 0 Å². The predicted molar refractivity (Wildman–Crippen MR) is 68.1 cm³/mol. The number of nitrogens with one attached hydrogen (secondary N) is 2. The number of amides is 1. The summed E-state index contributed by atoms with van der Waals surface area (Å²) in [5, 5.41) is 6.49. The molecule has 1 aromatic carbocycles. The molecule has 1 saturated heterocycles. The molecule has 1 fully saturated rings. The van der Waals surface area contributed by atoms with E-state index >= 15 is 0 Å². The van der Waals surface area contributed by atoms with Crippen molar-refractivity contribution in [3.8, 4) is 0 Å². The highest BCUT2D eigenvalue weighted by atomic mass is 16.2. The second-order valence-electron chi connectivity index (χ2n) is 5.01. The Morgan fingerprint density at radius 1 is 1.24 bits per heavy atom. The molecule has 0 radical (unpaired) electrons.